The van der Waals surface area contributed by atoms with Crippen LogP contribution in [0, 0.1) is 12.7 Å². The number of aryl methyl sites for hydroxylation is 1. The predicted octanol–water partition coefficient (Wildman–Crippen LogP) is 4.03. The molecule has 1 nitrogen and oxygen atoms in total. The molecular weight excluding hydrogens is 249 g/mol. The van der Waals surface area contributed by atoms with Gasteiger partial charge in [-0.05, 0) is 48.2 Å². The summed E-state index contributed by atoms with van der Waals surface area (Å²) in [7, 11) is 0. The van der Waals surface area contributed by atoms with Crippen LogP contribution in [0.5, 0.6) is 0 Å². The second-order valence-corrected chi connectivity index (χ2v) is 4.87. The van der Waals surface area contributed by atoms with Gasteiger partial charge in [-0.2, -0.15) is 0 Å². The summed E-state index contributed by atoms with van der Waals surface area (Å²) in [4.78, 5) is 0. The molecular formula is C15H15ClFN. The van der Waals surface area contributed by atoms with Crippen molar-refractivity contribution in [2.24, 2.45) is 5.73 Å². The smallest absolute Gasteiger partial charge is 0.123 e. The average Bonchev–Trinajstić information content (AvgIpc) is 2.28. The molecule has 1 atom stereocenters. The number of hydrogen-bond donors (Lipinski definition) is 1. The van der Waals surface area contributed by atoms with Crippen LogP contribution in [-0.4, -0.2) is 0 Å². The van der Waals surface area contributed by atoms with Gasteiger partial charge in [0.1, 0.15) is 5.82 Å². The Morgan fingerprint density at radius 3 is 2.67 bits per heavy atom. The second-order valence-electron chi connectivity index (χ2n) is 4.47. The number of hydrogen-bond acceptors (Lipinski definition) is 1. The quantitative estimate of drug-likeness (QED) is 0.889. The zero-order valence-electron chi connectivity index (χ0n) is 10.2. The number of rotatable bonds is 3. The summed E-state index contributed by atoms with van der Waals surface area (Å²) in [6, 6.07) is 12.1. The highest BCUT2D eigenvalue weighted by molar-refractivity contribution is 6.31. The molecule has 0 aliphatic rings. The Morgan fingerprint density at radius 1 is 1.22 bits per heavy atom. The lowest BCUT2D eigenvalue weighted by molar-refractivity contribution is 0.622. The molecule has 2 aromatic rings. The Morgan fingerprint density at radius 2 is 2.00 bits per heavy atom. The van der Waals surface area contributed by atoms with Crippen LogP contribution >= 0.6 is 11.6 Å². The van der Waals surface area contributed by atoms with Gasteiger partial charge < -0.3 is 5.73 Å². The van der Waals surface area contributed by atoms with Crippen LogP contribution in [0.4, 0.5) is 4.39 Å². The summed E-state index contributed by atoms with van der Waals surface area (Å²) < 4.78 is 13.1. The molecule has 0 aromatic heterocycles. The number of benzene rings is 2. The molecule has 0 heterocycles. The van der Waals surface area contributed by atoms with E-state index in [2.05, 4.69) is 0 Å². The Balaban J connectivity index is 2.19. The fourth-order valence-corrected chi connectivity index (χ4v) is 2.34. The van der Waals surface area contributed by atoms with Crippen LogP contribution in [0.25, 0.3) is 0 Å². The fraction of sp³-hybridized carbons (Fsp3) is 0.200. The van der Waals surface area contributed by atoms with Crippen molar-refractivity contribution in [1.29, 1.82) is 0 Å². The van der Waals surface area contributed by atoms with E-state index in [1.807, 2.05) is 31.2 Å². The van der Waals surface area contributed by atoms with Crippen LogP contribution in [0.1, 0.15) is 22.7 Å². The third kappa shape index (κ3) is 3.09. The van der Waals surface area contributed by atoms with Crippen LogP contribution in [0.3, 0.4) is 0 Å². The van der Waals surface area contributed by atoms with E-state index in [1.54, 1.807) is 6.07 Å². The maximum atomic E-state index is 13.1. The molecule has 0 aliphatic carbocycles. The molecule has 0 fully saturated rings. The van der Waals surface area contributed by atoms with Crippen molar-refractivity contribution in [2.45, 2.75) is 19.4 Å². The minimum Gasteiger partial charge on any atom is -0.324 e. The van der Waals surface area contributed by atoms with Gasteiger partial charge in [0.2, 0.25) is 0 Å². The molecule has 0 spiro atoms. The summed E-state index contributed by atoms with van der Waals surface area (Å²) in [5.41, 5.74) is 8.99. The Hall–Kier alpha value is -1.38. The van der Waals surface area contributed by atoms with E-state index < -0.39 is 0 Å². The highest BCUT2D eigenvalue weighted by Gasteiger charge is 2.11. The molecule has 0 bridgehead atoms. The highest BCUT2D eigenvalue weighted by atomic mass is 35.5. The lowest BCUT2D eigenvalue weighted by Gasteiger charge is -2.14. The maximum Gasteiger partial charge on any atom is 0.123 e. The molecule has 3 heteroatoms. The normalized spacial score (nSPS) is 12.4. The summed E-state index contributed by atoms with van der Waals surface area (Å²) in [5.74, 6) is -0.241. The largest absolute Gasteiger partial charge is 0.324 e. The van der Waals surface area contributed by atoms with Gasteiger partial charge >= 0.3 is 0 Å². The van der Waals surface area contributed by atoms with Crippen molar-refractivity contribution in [3.63, 3.8) is 0 Å². The van der Waals surface area contributed by atoms with Crippen molar-refractivity contribution in [3.8, 4) is 0 Å². The third-order valence-electron chi connectivity index (χ3n) is 2.90. The van der Waals surface area contributed by atoms with Gasteiger partial charge in [-0.1, -0.05) is 35.9 Å². The van der Waals surface area contributed by atoms with Gasteiger partial charge in [-0.15, -0.1) is 0 Å². The van der Waals surface area contributed by atoms with Gasteiger partial charge in [-0.25, -0.2) is 4.39 Å². The van der Waals surface area contributed by atoms with Crippen LogP contribution in [0.2, 0.25) is 5.02 Å². The minimum atomic E-state index is -0.241. The summed E-state index contributed by atoms with van der Waals surface area (Å²) in [6.45, 7) is 1.98. The molecule has 0 radical (unpaired) electrons. The van der Waals surface area contributed by atoms with E-state index in [0.717, 1.165) is 16.7 Å². The summed E-state index contributed by atoms with van der Waals surface area (Å²) >= 11 is 6.17. The van der Waals surface area contributed by atoms with Gasteiger partial charge in [0.25, 0.3) is 0 Å². The second kappa shape index (κ2) is 5.51. The molecule has 18 heavy (non-hydrogen) atoms. The highest BCUT2D eigenvalue weighted by Crippen LogP contribution is 2.25. The van der Waals surface area contributed by atoms with Crippen LogP contribution < -0.4 is 5.73 Å². The van der Waals surface area contributed by atoms with E-state index in [0.29, 0.717) is 11.4 Å². The first-order valence-corrected chi connectivity index (χ1v) is 6.20. The zero-order valence-corrected chi connectivity index (χ0v) is 10.9. The average molecular weight is 264 g/mol. The van der Waals surface area contributed by atoms with Crippen LogP contribution in [0.15, 0.2) is 42.5 Å². The monoisotopic (exact) mass is 263 g/mol. The zero-order chi connectivity index (χ0) is 13.1. The molecule has 2 N–H and O–H groups in total. The molecule has 0 saturated heterocycles. The molecule has 1 unspecified atom stereocenters. The predicted molar refractivity (Wildman–Crippen MR) is 73.2 cm³/mol. The van der Waals surface area contributed by atoms with Crippen molar-refractivity contribution in [1.82, 2.24) is 0 Å². The Bertz CT molecular complexity index is 554. The Kier molecular flexibility index (Phi) is 4.00. The summed E-state index contributed by atoms with van der Waals surface area (Å²) in [6.07, 6.45) is 0.570. The van der Waals surface area contributed by atoms with Gasteiger partial charge in [0, 0.05) is 11.1 Å². The molecule has 2 aromatic carbocycles. The first-order valence-electron chi connectivity index (χ1n) is 5.82. The topological polar surface area (TPSA) is 26.0 Å². The summed E-state index contributed by atoms with van der Waals surface area (Å²) in [5, 5.41) is 0.666. The van der Waals surface area contributed by atoms with E-state index in [4.69, 9.17) is 17.3 Å². The van der Waals surface area contributed by atoms with Crippen molar-refractivity contribution < 1.29 is 4.39 Å². The number of halogens is 2. The van der Waals surface area contributed by atoms with Gasteiger partial charge in [0.05, 0.1) is 0 Å². The van der Waals surface area contributed by atoms with Crippen molar-refractivity contribution >= 4 is 11.6 Å². The fourth-order valence-electron chi connectivity index (χ4n) is 1.96. The van der Waals surface area contributed by atoms with Crippen molar-refractivity contribution in [2.75, 3.05) is 0 Å². The number of nitrogens with two attached hydrogens (primary N) is 1. The third-order valence-corrected chi connectivity index (χ3v) is 3.23. The maximum absolute atomic E-state index is 13.1. The molecule has 0 aliphatic heterocycles. The van der Waals surface area contributed by atoms with Crippen LogP contribution in [-0.2, 0) is 6.42 Å². The molecule has 0 amide bonds. The van der Waals surface area contributed by atoms with E-state index in [-0.39, 0.29) is 11.9 Å². The van der Waals surface area contributed by atoms with Gasteiger partial charge in [0.15, 0.2) is 0 Å². The lowest BCUT2D eigenvalue weighted by Crippen LogP contribution is -2.14. The van der Waals surface area contributed by atoms with Gasteiger partial charge in [-0.3, -0.25) is 0 Å². The SMILES string of the molecule is Cc1ccc(C(N)Cc2cccc(F)c2)c(Cl)c1. The standard InChI is InChI=1S/C15H15ClFN/c1-10-5-6-13(14(16)7-10)15(18)9-11-3-2-4-12(17)8-11/h2-8,15H,9,18H2,1H3. The molecule has 0 saturated carbocycles. The lowest BCUT2D eigenvalue weighted by atomic mass is 9.99. The molecule has 94 valence electrons. The molecule has 2 rings (SSSR count). The first kappa shape index (κ1) is 13.1. The van der Waals surface area contributed by atoms with E-state index in [9.17, 15) is 4.39 Å². The van der Waals surface area contributed by atoms with Crippen molar-refractivity contribution in [3.05, 3.63) is 70.0 Å². The first-order chi connectivity index (χ1) is 8.56. The van der Waals surface area contributed by atoms with E-state index >= 15 is 0 Å². The Labute approximate surface area is 111 Å². The minimum absolute atomic E-state index is 0.222. The van der Waals surface area contributed by atoms with E-state index in [1.165, 1.54) is 12.1 Å².